The van der Waals surface area contributed by atoms with E-state index >= 15 is 0 Å². The average molecular weight is 347 g/mol. The van der Waals surface area contributed by atoms with Gasteiger partial charge in [0.25, 0.3) is 5.91 Å². The molecule has 21 heavy (non-hydrogen) atoms. The summed E-state index contributed by atoms with van der Waals surface area (Å²) in [6.07, 6.45) is 0. The summed E-state index contributed by atoms with van der Waals surface area (Å²) in [5.41, 5.74) is 7.98. The molecule has 0 bridgehead atoms. The Balaban J connectivity index is 1.88. The van der Waals surface area contributed by atoms with E-state index in [1.165, 1.54) is 0 Å². The Morgan fingerprint density at radius 1 is 1.24 bits per heavy atom. The largest absolute Gasteiger partial charge is 0.491 e. The summed E-state index contributed by atoms with van der Waals surface area (Å²) in [5, 5.41) is 0. The second-order valence-electron chi connectivity index (χ2n) is 4.96. The van der Waals surface area contributed by atoms with Gasteiger partial charge in [-0.1, -0.05) is 34.1 Å². The number of nitrogens with two attached hydrogens (primary N) is 1. The first-order valence-corrected chi connectivity index (χ1v) is 7.49. The van der Waals surface area contributed by atoms with Crippen LogP contribution in [-0.4, -0.2) is 24.0 Å². The minimum absolute atomic E-state index is 0.0386. The lowest BCUT2D eigenvalue weighted by Crippen LogP contribution is -2.32. The van der Waals surface area contributed by atoms with Crippen LogP contribution < -0.4 is 10.5 Å². The normalized spacial score (nSPS) is 14.0. The first kappa shape index (κ1) is 13.9. The van der Waals surface area contributed by atoms with E-state index in [9.17, 15) is 4.79 Å². The molecule has 0 unspecified atom stereocenters. The van der Waals surface area contributed by atoms with Crippen molar-refractivity contribution >= 4 is 27.5 Å². The topological polar surface area (TPSA) is 55.6 Å². The monoisotopic (exact) mass is 346 g/mol. The second kappa shape index (κ2) is 5.77. The summed E-state index contributed by atoms with van der Waals surface area (Å²) in [7, 11) is 0. The van der Waals surface area contributed by atoms with Crippen molar-refractivity contribution in [3.8, 4) is 5.75 Å². The molecule has 4 nitrogen and oxygen atoms in total. The Labute approximate surface area is 131 Å². The maximum atomic E-state index is 12.7. The molecule has 1 aliphatic heterocycles. The van der Waals surface area contributed by atoms with Crippen molar-refractivity contribution in [2.24, 2.45) is 0 Å². The number of nitrogens with zero attached hydrogens (tertiary/aromatic N) is 1. The van der Waals surface area contributed by atoms with Crippen LogP contribution in [0.4, 0.5) is 5.69 Å². The zero-order chi connectivity index (χ0) is 14.8. The summed E-state index contributed by atoms with van der Waals surface area (Å²) in [6.45, 7) is 1.59. The molecule has 0 saturated heterocycles. The highest BCUT2D eigenvalue weighted by atomic mass is 79.9. The van der Waals surface area contributed by atoms with E-state index in [1.54, 1.807) is 23.1 Å². The summed E-state index contributed by atoms with van der Waals surface area (Å²) in [4.78, 5) is 14.4. The van der Waals surface area contributed by atoms with Gasteiger partial charge in [0.15, 0.2) is 0 Å². The van der Waals surface area contributed by atoms with Crippen molar-refractivity contribution in [3.63, 3.8) is 0 Å². The number of ether oxygens (including phenoxy) is 1. The Hall–Kier alpha value is -2.01. The minimum Gasteiger partial charge on any atom is -0.491 e. The summed E-state index contributed by atoms with van der Waals surface area (Å²) >= 11 is 3.37. The van der Waals surface area contributed by atoms with Crippen LogP contribution in [0.2, 0.25) is 0 Å². The van der Waals surface area contributed by atoms with Gasteiger partial charge in [-0.2, -0.15) is 0 Å². The van der Waals surface area contributed by atoms with E-state index in [4.69, 9.17) is 10.5 Å². The lowest BCUT2D eigenvalue weighted by atomic mass is 10.1. The number of hydrogen-bond acceptors (Lipinski definition) is 3. The fraction of sp³-hybridized carbons (Fsp3) is 0.188. The number of fused-ring (bicyclic) bond motifs is 1. The Bertz CT molecular complexity index is 667. The van der Waals surface area contributed by atoms with Crippen molar-refractivity contribution < 1.29 is 9.53 Å². The van der Waals surface area contributed by atoms with E-state index in [2.05, 4.69) is 15.9 Å². The molecule has 108 valence electrons. The summed E-state index contributed by atoms with van der Waals surface area (Å²) in [5.74, 6) is 0.810. The van der Waals surface area contributed by atoms with E-state index in [0.717, 1.165) is 15.8 Å². The summed E-state index contributed by atoms with van der Waals surface area (Å²) in [6, 6.07) is 13.1. The molecule has 1 aliphatic rings. The van der Waals surface area contributed by atoms with Crippen molar-refractivity contribution in [2.45, 2.75) is 6.54 Å². The smallest absolute Gasteiger partial charge is 0.254 e. The van der Waals surface area contributed by atoms with E-state index in [1.807, 2.05) is 24.3 Å². The van der Waals surface area contributed by atoms with E-state index < -0.39 is 0 Å². The van der Waals surface area contributed by atoms with Crippen LogP contribution in [-0.2, 0) is 6.54 Å². The number of halogens is 1. The lowest BCUT2D eigenvalue weighted by Gasteiger charge is -2.20. The van der Waals surface area contributed by atoms with Crippen molar-refractivity contribution in [2.75, 3.05) is 18.9 Å². The van der Waals surface area contributed by atoms with Crippen LogP contribution in [0.1, 0.15) is 15.9 Å². The van der Waals surface area contributed by atoms with Crippen LogP contribution in [0.25, 0.3) is 0 Å². The number of anilines is 1. The van der Waals surface area contributed by atoms with Crippen LogP contribution in [0.5, 0.6) is 5.75 Å². The SMILES string of the molecule is Nc1cc(Br)cc(C(=O)N2CCOc3ccccc3C2)c1. The number of carbonyl (C=O) groups is 1. The third kappa shape index (κ3) is 3.03. The van der Waals surface area contributed by atoms with Gasteiger partial charge in [-0.15, -0.1) is 0 Å². The fourth-order valence-electron chi connectivity index (χ4n) is 2.42. The van der Waals surface area contributed by atoms with E-state index in [-0.39, 0.29) is 5.91 Å². The maximum Gasteiger partial charge on any atom is 0.254 e. The molecular formula is C16H15BrN2O2. The van der Waals surface area contributed by atoms with Crippen LogP contribution >= 0.6 is 15.9 Å². The molecule has 0 aliphatic carbocycles. The van der Waals surface area contributed by atoms with Gasteiger partial charge in [-0.3, -0.25) is 4.79 Å². The first-order chi connectivity index (χ1) is 10.1. The second-order valence-corrected chi connectivity index (χ2v) is 5.87. The van der Waals surface area contributed by atoms with Crippen molar-refractivity contribution in [3.05, 3.63) is 58.1 Å². The molecule has 0 fully saturated rings. The average Bonchev–Trinajstić information content (AvgIpc) is 2.67. The predicted octanol–water partition coefficient (Wildman–Crippen LogP) is 3.07. The lowest BCUT2D eigenvalue weighted by molar-refractivity contribution is 0.0733. The van der Waals surface area contributed by atoms with Gasteiger partial charge in [0, 0.05) is 27.8 Å². The highest BCUT2D eigenvalue weighted by Crippen LogP contribution is 2.24. The molecule has 1 heterocycles. The van der Waals surface area contributed by atoms with E-state index in [0.29, 0.717) is 30.9 Å². The number of para-hydroxylation sites is 1. The predicted molar refractivity (Wildman–Crippen MR) is 85.2 cm³/mol. The van der Waals surface area contributed by atoms with Gasteiger partial charge >= 0.3 is 0 Å². The Morgan fingerprint density at radius 2 is 2.05 bits per heavy atom. The van der Waals surface area contributed by atoms with Gasteiger partial charge in [-0.05, 0) is 24.3 Å². The van der Waals surface area contributed by atoms with Crippen LogP contribution in [0.3, 0.4) is 0 Å². The van der Waals surface area contributed by atoms with Gasteiger partial charge in [0.05, 0.1) is 6.54 Å². The molecule has 0 aromatic heterocycles. The molecule has 1 amide bonds. The van der Waals surface area contributed by atoms with Gasteiger partial charge in [0.1, 0.15) is 12.4 Å². The molecule has 2 aromatic carbocycles. The molecule has 5 heteroatoms. The molecule has 2 aromatic rings. The van der Waals surface area contributed by atoms with Gasteiger partial charge < -0.3 is 15.4 Å². The van der Waals surface area contributed by atoms with Gasteiger partial charge in [-0.25, -0.2) is 0 Å². The Morgan fingerprint density at radius 3 is 2.86 bits per heavy atom. The molecule has 0 atom stereocenters. The van der Waals surface area contributed by atoms with Crippen molar-refractivity contribution in [1.82, 2.24) is 4.90 Å². The minimum atomic E-state index is -0.0386. The summed E-state index contributed by atoms with van der Waals surface area (Å²) < 4.78 is 6.49. The number of amides is 1. The molecule has 0 saturated carbocycles. The number of rotatable bonds is 1. The molecular weight excluding hydrogens is 332 g/mol. The molecule has 0 spiro atoms. The quantitative estimate of drug-likeness (QED) is 0.807. The van der Waals surface area contributed by atoms with Crippen LogP contribution in [0, 0.1) is 0 Å². The molecule has 2 N–H and O–H groups in total. The van der Waals surface area contributed by atoms with Crippen LogP contribution in [0.15, 0.2) is 46.9 Å². The van der Waals surface area contributed by atoms with Crippen molar-refractivity contribution in [1.29, 1.82) is 0 Å². The first-order valence-electron chi connectivity index (χ1n) is 6.69. The number of carbonyl (C=O) groups excluding carboxylic acids is 1. The standard InChI is InChI=1S/C16H15BrN2O2/c17-13-7-12(8-14(18)9-13)16(20)19-5-6-21-15-4-2-1-3-11(15)10-19/h1-4,7-9H,5-6,10,18H2. The third-order valence-corrected chi connectivity index (χ3v) is 3.86. The highest BCUT2D eigenvalue weighted by molar-refractivity contribution is 9.10. The number of benzene rings is 2. The molecule has 0 radical (unpaired) electrons. The fourth-order valence-corrected chi connectivity index (χ4v) is 2.93. The Kier molecular flexibility index (Phi) is 3.84. The number of nitrogen functional groups attached to an aromatic ring is 1. The zero-order valence-corrected chi connectivity index (χ0v) is 13.0. The van der Waals surface area contributed by atoms with Gasteiger partial charge in [0.2, 0.25) is 0 Å². The number of hydrogen-bond donors (Lipinski definition) is 1. The third-order valence-electron chi connectivity index (χ3n) is 3.41. The molecule has 3 rings (SSSR count). The zero-order valence-electron chi connectivity index (χ0n) is 11.4. The highest BCUT2D eigenvalue weighted by Gasteiger charge is 2.21. The maximum absolute atomic E-state index is 12.7.